The normalized spacial score (nSPS) is 11.5. The molecule has 3 heteroatoms. The van der Waals surface area contributed by atoms with Crippen molar-refractivity contribution in [2.24, 2.45) is 0 Å². The van der Waals surface area contributed by atoms with Gasteiger partial charge in [-0.15, -0.1) is 0 Å². The van der Waals surface area contributed by atoms with Gasteiger partial charge in [-0.2, -0.15) is 0 Å². The minimum atomic E-state index is -0.965. The summed E-state index contributed by atoms with van der Waals surface area (Å²) in [6.07, 6.45) is 22.8. The third-order valence-electron chi connectivity index (χ3n) is 4.85. The Labute approximate surface area is 161 Å². The van der Waals surface area contributed by atoms with E-state index >= 15 is 0 Å². The van der Waals surface area contributed by atoms with Gasteiger partial charge in [0, 0.05) is 13.2 Å². The third-order valence-corrected chi connectivity index (χ3v) is 6.83. The van der Waals surface area contributed by atoms with Crippen LogP contribution in [0.15, 0.2) is 0 Å². The largest absolute Gasteiger partial charge is 0.394 e. The van der Waals surface area contributed by atoms with Gasteiger partial charge in [0.25, 0.3) is 0 Å². The first kappa shape index (κ1) is 25.1. The minimum Gasteiger partial charge on any atom is -0.394 e. The van der Waals surface area contributed by atoms with Gasteiger partial charge < -0.3 is 8.85 Å². The van der Waals surface area contributed by atoms with Crippen LogP contribution in [-0.2, 0) is 8.85 Å². The Morgan fingerprint density at radius 1 is 0.440 bits per heavy atom. The van der Waals surface area contributed by atoms with Crippen molar-refractivity contribution in [2.75, 3.05) is 13.2 Å². The second kappa shape index (κ2) is 22.2. The van der Waals surface area contributed by atoms with E-state index in [1.54, 1.807) is 0 Å². The summed E-state index contributed by atoms with van der Waals surface area (Å²) in [5.41, 5.74) is 0. The fourth-order valence-corrected chi connectivity index (χ4v) is 4.88. The van der Waals surface area contributed by atoms with Crippen LogP contribution in [0.1, 0.15) is 124 Å². The van der Waals surface area contributed by atoms with E-state index in [1.165, 1.54) is 103 Å². The quantitative estimate of drug-likeness (QED) is 0.151. The average Bonchev–Trinajstić information content (AvgIpc) is 2.61. The van der Waals surface area contributed by atoms with Crippen LogP contribution in [0.25, 0.3) is 0 Å². The molecule has 0 fully saturated rings. The lowest BCUT2D eigenvalue weighted by atomic mass is 10.0. The Morgan fingerprint density at radius 2 is 0.760 bits per heavy atom. The Morgan fingerprint density at radius 3 is 1.08 bits per heavy atom. The third kappa shape index (κ3) is 20.3. The molecule has 0 heterocycles. The number of hydrogen-bond donors (Lipinski definition) is 0. The van der Waals surface area contributed by atoms with Crippen molar-refractivity contribution in [3.05, 3.63) is 0 Å². The average molecular weight is 372 g/mol. The molecule has 0 aliphatic carbocycles. The first-order chi connectivity index (χ1) is 12.3. The second-order valence-electron chi connectivity index (χ2n) is 7.29. The highest BCUT2D eigenvalue weighted by atomic mass is 28.3. The van der Waals surface area contributed by atoms with Crippen LogP contribution in [0, 0.1) is 0 Å². The van der Waals surface area contributed by atoms with Crippen molar-refractivity contribution < 1.29 is 8.85 Å². The topological polar surface area (TPSA) is 18.5 Å². The van der Waals surface area contributed by atoms with Crippen LogP contribution in [0.4, 0.5) is 0 Å². The van der Waals surface area contributed by atoms with Gasteiger partial charge in [0.2, 0.25) is 0 Å². The van der Waals surface area contributed by atoms with Gasteiger partial charge in [-0.1, -0.05) is 110 Å². The van der Waals surface area contributed by atoms with E-state index in [2.05, 4.69) is 20.8 Å². The van der Waals surface area contributed by atoms with Gasteiger partial charge in [-0.05, 0) is 19.9 Å². The smallest absolute Gasteiger partial charge is 0.384 e. The predicted molar refractivity (Wildman–Crippen MR) is 113 cm³/mol. The van der Waals surface area contributed by atoms with Crippen LogP contribution in [0.3, 0.4) is 0 Å². The summed E-state index contributed by atoms with van der Waals surface area (Å²) >= 11 is 0. The fraction of sp³-hybridized carbons (Fsp3) is 1.00. The van der Waals surface area contributed by atoms with Crippen LogP contribution >= 0.6 is 0 Å². The van der Waals surface area contributed by atoms with E-state index in [9.17, 15) is 0 Å². The summed E-state index contributed by atoms with van der Waals surface area (Å²) in [6.45, 7) is 8.02. The maximum atomic E-state index is 5.69. The molecule has 0 rings (SSSR count). The van der Waals surface area contributed by atoms with E-state index < -0.39 is 9.28 Å². The molecule has 0 unspecified atom stereocenters. The molecule has 0 amide bonds. The van der Waals surface area contributed by atoms with Crippen LogP contribution < -0.4 is 0 Å². The summed E-state index contributed by atoms with van der Waals surface area (Å²) in [5.74, 6) is 0. The molecule has 25 heavy (non-hydrogen) atoms. The summed E-state index contributed by atoms with van der Waals surface area (Å²) < 4.78 is 11.4. The number of unbranched alkanes of at least 4 members (excludes halogenated alkanes) is 15. The van der Waals surface area contributed by atoms with Crippen molar-refractivity contribution in [1.82, 2.24) is 0 Å². The van der Waals surface area contributed by atoms with Crippen molar-refractivity contribution in [3.8, 4) is 0 Å². The Bertz CT molecular complexity index is 230. The monoisotopic (exact) mass is 371 g/mol. The minimum absolute atomic E-state index is 0.799. The molecule has 0 spiro atoms. The molecule has 151 valence electrons. The summed E-state index contributed by atoms with van der Waals surface area (Å²) in [5, 5.41) is 0. The van der Waals surface area contributed by atoms with Crippen molar-refractivity contribution in [2.45, 2.75) is 130 Å². The van der Waals surface area contributed by atoms with E-state index in [-0.39, 0.29) is 0 Å². The highest BCUT2D eigenvalue weighted by Crippen LogP contribution is 2.14. The van der Waals surface area contributed by atoms with Crippen LogP contribution in [-0.4, -0.2) is 22.5 Å². The molecule has 0 atom stereocenters. The zero-order chi connectivity index (χ0) is 18.4. The number of rotatable bonds is 21. The van der Waals surface area contributed by atoms with Gasteiger partial charge in [0.1, 0.15) is 0 Å². The van der Waals surface area contributed by atoms with Crippen molar-refractivity contribution in [3.63, 3.8) is 0 Å². The first-order valence-corrected chi connectivity index (χ1v) is 13.0. The molecule has 2 nitrogen and oxygen atoms in total. The van der Waals surface area contributed by atoms with Gasteiger partial charge in [-0.3, -0.25) is 0 Å². The van der Waals surface area contributed by atoms with E-state index in [1.807, 2.05) is 0 Å². The van der Waals surface area contributed by atoms with Gasteiger partial charge >= 0.3 is 9.28 Å². The highest BCUT2D eigenvalue weighted by Gasteiger charge is 2.13. The molecule has 1 radical (unpaired) electrons. The Balaban J connectivity index is 3.13. The summed E-state index contributed by atoms with van der Waals surface area (Å²) in [7, 11) is -0.965. The lowest BCUT2D eigenvalue weighted by Crippen LogP contribution is -2.22. The van der Waals surface area contributed by atoms with Gasteiger partial charge in [0.15, 0.2) is 0 Å². The lowest BCUT2D eigenvalue weighted by molar-refractivity contribution is 0.212. The van der Waals surface area contributed by atoms with Gasteiger partial charge in [0.05, 0.1) is 0 Å². The first-order valence-electron chi connectivity index (χ1n) is 11.5. The predicted octanol–water partition coefficient (Wildman–Crippen LogP) is 7.81. The summed E-state index contributed by atoms with van der Waals surface area (Å²) in [4.78, 5) is 0. The SMILES string of the molecule is CCCCCCCCCCCCCCCCCC[Si](OCC)OCC. The zero-order valence-electron chi connectivity index (χ0n) is 17.8. The molecular formula is C22H47O2Si. The van der Waals surface area contributed by atoms with Gasteiger partial charge in [-0.25, -0.2) is 0 Å². The van der Waals surface area contributed by atoms with Crippen molar-refractivity contribution >= 4 is 9.28 Å². The maximum absolute atomic E-state index is 5.69. The molecule has 0 aromatic carbocycles. The molecule has 0 aromatic heterocycles. The standard InChI is InChI=1S/C22H47O2Si/c1-4-7-8-9-10-11-12-13-14-15-16-17-18-19-20-21-22-25(23-5-2)24-6-3/h4-22H2,1-3H3. The van der Waals surface area contributed by atoms with E-state index in [0.29, 0.717) is 0 Å². The zero-order valence-corrected chi connectivity index (χ0v) is 18.8. The molecule has 0 aliphatic heterocycles. The molecule has 0 saturated carbocycles. The molecule has 0 saturated heterocycles. The molecule has 0 aliphatic rings. The molecule has 0 N–H and O–H groups in total. The Kier molecular flexibility index (Phi) is 22.3. The van der Waals surface area contributed by atoms with E-state index in [0.717, 1.165) is 19.3 Å². The molecule has 0 bridgehead atoms. The second-order valence-corrected chi connectivity index (χ2v) is 9.11. The van der Waals surface area contributed by atoms with E-state index in [4.69, 9.17) is 8.85 Å². The lowest BCUT2D eigenvalue weighted by Gasteiger charge is -2.12. The molecular weight excluding hydrogens is 324 g/mol. The summed E-state index contributed by atoms with van der Waals surface area (Å²) in [6, 6.07) is 1.16. The van der Waals surface area contributed by atoms with Crippen molar-refractivity contribution in [1.29, 1.82) is 0 Å². The van der Waals surface area contributed by atoms with Crippen LogP contribution in [0.5, 0.6) is 0 Å². The fourth-order valence-electron chi connectivity index (χ4n) is 3.33. The van der Waals surface area contributed by atoms with Crippen LogP contribution in [0.2, 0.25) is 6.04 Å². The maximum Gasteiger partial charge on any atom is 0.384 e. The molecule has 0 aromatic rings. The Hall–Kier alpha value is 0.137. The number of hydrogen-bond acceptors (Lipinski definition) is 2. The highest BCUT2D eigenvalue weighted by molar-refractivity contribution is 6.44.